The molecule has 0 atom stereocenters. The molecule has 2 heterocycles. The number of hydrogen-bond donors (Lipinski definition) is 0. The number of nitrogens with zero attached hydrogens (tertiary/aromatic N) is 1. The van der Waals surface area contributed by atoms with Gasteiger partial charge in [-0.15, -0.1) is 0 Å². The van der Waals surface area contributed by atoms with Crippen LogP contribution < -0.4 is 10.4 Å². The molecule has 230 valence electrons. The van der Waals surface area contributed by atoms with Crippen molar-refractivity contribution in [2.24, 2.45) is 5.92 Å². The van der Waals surface area contributed by atoms with Crippen LogP contribution in [-0.4, -0.2) is 38.1 Å². The average molecular weight is 612 g/mol. The van der Waals surface area contributed by atoms with E-state index in [0.717, 1.165) is 82.1 Å². The molecule has 2 aromatic heterocycles. The Bertz CT molecular complexity index is 1480. The van der Waals surface area contributed by atoms with Crippen molar-refractivity contribution in [3.8, 4) is 17.0 Å². The van der Waals surface area contributed by atoms with Crippen LogP contribution in [0.3, 0.4) is 0 Å². The van der Waals surface area contributed by atoms with Crippen molar-refractivity contribution >= 4 is 26.9 Å². The summed E-state index contributed by atoms with van der Waals surface area (Å²) < 4.78 is 77.6. The third-order valence-electron chi connectivity index (χ3n) is 6.61. The number of esters is 1. The fraction of sp³-hybridized carbons (Fsp3) is 0.500. The summed E-state index contributed by atoms with van der Waals surface area (Å²) in [5, 5.41) is 0.473. The number of unbranched alkanes of at least 4 members (excludes halogenated alkanes) is 8. The van der Waals surface area contributed by atoms with Gasteiger partial charge in [0.1, 0.15) is 0 Å². The largest absolute Gasteiger partial charge is 0.501 e. The Morgan fingerprint density at radius 3 is 2.02 bits per heavy atom. The highest BCUT2D eigenvalue weighted by molar-refractivity contribution is 7.92. The molecule has 12 heteroatoms. The summed E-state index contributed by atoms with van der Waals surface area (Å²) in [6, 6.07) is 8.61. The Kier molecular flexibility index (Phi) is 12.0. The lowest BCUT2D eigenvalue weighted by atomic mass is 10.1. The fourth-order valence-electron chi connectivity index (χ4n) is 4.17. The number of fused-ring (bicyclic) bond motifs is 1. The van der Waals surface area contributed by atoms with Gasteiger partial charge in [-0.25, -0.2) is 13.2 Å². The number of rotatable bonds is 16. The lowest BCUT2D eigenvalue weighted by Crippen LogP contribution is -2.23. The van der Waals surface area contributed by atoms with Crippen molar-refractivity contribution < 1.29 is 40.3 Å². The van der Waals surface area contributed by atoms with Gasteiger partial charge in [-0.05, 0) is 42.7 Å². The number of carbonyl (C=O) groups is 1. The highest BCUT2D eigenvalue weighted by Crippen LogP contribution is 2.31. The third kappa shape index (κ3) is 9.30. The first kappa shape index (κ1) is 33.1. The molecule has 0 unspecified atom stereocenters. The van der Waals surface area contributed by atoms with Gasteiger partial charge in [0.15, 0.2) is 0 Å². The molecule has 3 rings (SSSR count). The number of benzene rings is 1. The van der Waals surface area contributed by atoms with Crippen LogP contribution in [0.2, 0.25) is 0 Å². The van der Waals surface area contributed by atoms with E-state index in [1.165, 1.54) is 6.07 Å². The summed E-state index contributed by atoms with van der Waals surface area (Å²) in [6.07, 6.45) is 9.52. The first-order chi connectivity index (χ1) is 19.9. The quantitative estimate of drug-likeness (QED) is 0.123. The van der Waals surface area contributed by atoms with Crippen molar-refractivity contribution in [1.82, 2.24) is 4.98 Å². The Morgan fingerprint density at radius 2 is 1.45 bits per heavy atom. The van der Waals surface area contributed by atoms with Gasteiger partial charge < -0.3 is 13.9 Å². The third-order valence-corrected chi connectivity index (χ3v) is 8.11. The molecule has 0 aliphatic carbocycles. The standard InChI is InChI=1S/C30H36F3NO7S/c1-21(2)28(35)40-19-11-9-7-5-3-4-6-8-10-18-39-26-17-14-23-20-25(29(36)41-27(23)34-26)22-12-15-24(16-13-22)42(37,38)30(31,32)33/h12-17,20-21H,3-11,18-19H2,1-2H3. The van der Waals surface area contributed by atoms with Crippen LogP contribution in [0.1, 0.15) is 71.6 Å². The van der Waals surface area contributed by atoms with E-state index in [1.54, 1.807) is 12.1 Å². The first-order valence-electron chi connectivity index (χ1n) is 14.1. The molecular weight excluding hydrogens is 575 g/mol. The molecule has 8 nitrogen and oxygen atoms in total. The van der Waals surface area contributed by atoms with E-state index in [1.807, 2.05) is 13.8 Å². The number of aromatic nitrogens is 1. The maximum atomic E-state index is 12.8. The smallest absolute Gasteiger partial charge is 0.478 e. The van der Waals surface area contributed by atoms with Crippen molar-refractivity contribution in [2.75, 3.05) is 13.2 Å². The zero-order chi connectivity index (χ0) is 30.8. The predicted molar refractivity (Wildman–Crippen MR) is 152 cm³/mol. The molecule has 0 saturated carbocycles. The maximum absolute atomic E-state index is 12.8. The van der Waals surface area contributed by atoms with Crippen LogP contribution in [0.15, 0.2) is 56.6 Å². The Labute approximate surface area is 243 Å². The van der Waals surface area contributed by atoms with Crippen LogP contribution in [0.25, 0.3) is 22.2 Å². The van der Waals surface area contributed by atoms with Gasteiger partial charge in [-0.1, -0.05) is 70.9 Å². The average Bonchev–Trinajstić information content (AvgIpc) is 2.94. The summed E-state index contributed by atoms with van der Waals surface area (Å²) in [7, 11) is -5.49. The number of hydrogen-bond acceptors (Lipinski definition) is 8. The van der Waals surface area contributed by atoms with Crippen LogP contribution in [0, 0.1) is 5.92 Å². The molecule has 0 bridgehead atoms. The fourth-order valence-corrected chi connectivity index (χ4v) is 4.93. The molecule has 0 saturated heterocycles. The summed E-state index contributed by atoms with van der Waals surface area (Å²) in [5.74, 6) is 0.0819. The summed E-state index contributed by atoms with van der Waals surface area (Å²) in [4.78, 5) is 27.2. The second kappa shape index (κ2) is 15.2. The molecular formula is C30H36F3NO7S. The lowest BCUT2D eigenvalue weighted by molar-refractivity contribution is -0.147. The van der Waals surface area contributed by atoms with E-state index < -0.39 is 25.9 Å². The van der Waals surface area contributed by atoms with Gasteiger partial charge in [0.2, 0.25) is 11.6 Å². The van der Waals surface area contributed by atoms with Gasteiger partial charge >= 0.3 is 17.1 Å². The van der Waals surface area contributed by atoms with Crippen LogP contribution in [0.4, 0.5) is 13.2 Å². The Balaban J connectivity index is 1.39. The number of halogens is 3. The first-order valence-corrected chi connectivity index (χ1v) is 15.5. The molecule has 0 fully saturated rings. The van der Waals surface area contributed by atoms with Crippen molar-refractivity contribution in [1.29, 1.82) is 0 Å². The molecule has 0 radical (unpaired) electrons. The minimum atomic E-state index is -5.49. The van der Waals surface area contributed by atoms with Crippen LogP contribution in [0.5, 0.6) is 5.88 Å². The van der Waals surface area contributed by atoms with E-state index in [0.29, 0.717) is 24.5 Å². The molecule has 0 aliphatic heterocycles. The van der Waals surface area contributed by atoms with Crippen LogP contribution in [-0.2, 0) is 19.4 Å². The monoisotopic (exact) mass is 611 g/mol. The predicted octanol–water partition coefficient (Wildman–Crippen LogP) is 7.24. The molecule has 42 heavy (non-hydrogen) atoms. The zero-order valence-corrected chi connectivity index (χ0v) is 24.6. The summed E-state index contributed by atoms with van der Waals surface area (Å²) >= 11 is 0. The molecule has 1 aromatic carbocycles. The molecule has 0 spiro atoms. The van der Waals surface area contributed by atoms with Gasteiger partial charge in [0.25, 0.3) is 9.84 Å². The van der Waals surface area contributed by atoms with E-state index in [2.05, 4.69) is 4.98 Å². The highest BCUT2D eigenvalue weighted by Gasteiger charge is 2.46. The van der Waals surface area contributed by atoms with Gasteiger partial charge in [0, 0.05) is 11.5 Å². The zero-order valence-electron chi connectivity index (χ0n) is 23.7. The van der Waals surface area contributed by atoms with Crippen molar-refractivity contribution in [3.05, 3.63) is 52.9 Å². The molecule has 0 N–H and O–H groups in total. The molecule has 0 aliphatic rings. The second-order valence-corrected chi connectivity index (χ2v) is 12.3. The van der Waals surface area contributed by atoms with Crippen LogP contribution >= 0.6 is 0 Å². The van der Waals surface area contributed by atoms with E-state index in [9.17, 15) is 31.2 Å². The maximum Gasteiger partial charge on any atom is 0.501 e. The Morgan fingerprint density at radius 1 is 0.881 bits per heavy atom. The highest BCUT2D eigenvalue weighted by atomic mass is 32.2. The summed E-state index contributed by atoms with van der Waals surface area (Å²) in [6.45, 7) is 4.61. The van der Waals surface area contributed by atoms with Crippen molar-refractivity contribution in [2.45, 2.75) is 82.0 Å². The molecule has 0 amide bonds. The normalized spacial score (nSPS) is 12.1. The minimum absolute atomic E-state index is 0.0515. The van der Waals surface area contributed by atoms with Gasteiger partial charge in [0.05, 0.1) is 29.6 Å². The van der Waals surface area contributed by atoms with E-state index >= 15 is 0 Å². The lowest BCUT2D eigenvalue weighted by Gasteiger charge is -2.09. The number of alkyl halides is 3. The number of pyridine rings is 1. The van der Waals surface area contributed by atoms with Gasteiger partial charge in [-0.3, -0.25) is 4.79 Å². The number of carbonyl (C=O) groups excluding carboxylic acids is 1. The van der Waals surface area contributed by atoms with Gasteiger partial charge in [-0.2, -0.15) is 18.2 Å². The minimum Gasteiger partial charge on any atom is -0.478 e. The second-order valence-electron chi connectivity index (χ2n) is 10.3. The SMILES string of the molecule is CC(C)C(=O)OCCCCCCCCCCCOc1ccc2cc(-c3ccc(S(=O)(=O)C(F)(F)F)cc3)c(=O)oc2n1. The van der Waals surface area contributed by atoms with E-state index in [4.69, 9.17) is 13.9 Å². The van der Waals surface area contributed by atoms with Crippen molar-refractivity contribution in [3.63, 3.8) is 0 Å². The molecule has 3 aromatic rings. The van der Waals surface area contributed by atoms with E-state index in [-0.39, 0.29) is 28.7 Å². The Hall–Kier alpha value is -3.41. The number of sulfone groups is 1. The summed E-state index contributed by atoms with van der Waals surface area (Å²) in [5.41, 5.74) is -5.88. The number of ether oxygens (including phenoxy) is 2. The topological polar surface area (TPSA) is 113 Å².